The third-order valence-corrected chi connectivity index (χ3v) is 14.5. The first-order chi connectivity index (χ1) is 32.6. The Morgan fingerprint density at radius 2 is 1.35 bits per heavy atom. The summed E-state index contributed by atoms with van der Waals surface area (Å²) in [4.78, 5) is 9.68. The van der Waals surface area contributed by atoms with Gasteiger partial charge >= 0.3 is 0 Å². The van der Waals surface area contributed by atoms with Crippen molar-refractivity contribution < 1.29 is 31.7 Å². The Balaban J connectivity index is 0.000000309. The van der Waals surface area contributed by atoms with Crippen LogP contribution in [-0.2, 0) is 25.5 Å². The molecular weight excluding hydrogens is 1030 g/mol. The number of hydrogen-bond acceptors (Lipinski definition) is 3. The first-order valence-corrected chi connectivity index (χ1v) is 26.5. The summed E-state index contributed by atoms with van der Waals surface area (Å²) in [5.41, 5.74) is 13.6. The van der Waals surface area contributed by atoms with Gasteiger partial charge in [0.1, 0.15) is 5.58 Å². The van der Waals surface area contributed by atoms with Crippen LogP contribution in [0.5, 0.6) is 0 Å². The minimum Gasteiger partial charge on any atom is -0.501 e. The fourth-order valence-corrected chi connectivity index (χ4v) is 9.70. The van der Waals surface area contributed by atoms with E-state index in [4.69, 9.17) is 9.40 Å². The number of hydrogen-bond donors (Lipinski definition) is 0. The molecule has 0 bridgehead atoms. The van der Waals surface area contributed by atoms with Gasteiger partial charge in [0.15, 0.2) is 0 Å². The fraction of sp³-hybridized carbons (Fsp3) is 0.213. The van der Waals surface area contributed by atoms with Crippen molar-refractivity contribution in [2.75, 3.05) is 0 Å². The number of nitrogens with zero attached hydrogens (tertiary/aromatic N) is 3. The molecule has 0 spiro atoms. The number of pyridine rings is 1. The molecule has 0 aliphatic heterocycles. The number of benzene rings is 7. The second kappa shape index (κ2) is 19.4. The molecule has 7 heteroatoms. The Morgan fingerprint density at radius 1 is 0.691 bits per heavy atom. The van der Waals surface area contributed by atoms with Gasteiger partial charge in [-0.05, 0) is 97.4 Å². The van der Waals surface area contributed by atoms with Crippen molar-refractivity contribution in [2.24, 2.45) is 0 Å². The second-order valence-corrected chi connectivity index (χ2v) is 25.0. The van der Waals surface area contributed by atoms with Crippen molar-refractivity contribution in [1.82, 2.24) is 14.5 Å². The first kappa shape index (κ1) is 45.5. The predicted molar refractivity (Wildman–Crippen MR) is 282 cm³/mol. The maximum Gasteiger partial charge on any atom is 0.121 e. The molecule has 0 unspecified atom stereocenters. The van der Waals surface area contributed by atoms with Crippen molar-refractivity contribution in [3.05, 3.63) is 192 Å². The molecule has 0 saturated carbocycles. The van der Waals surface area contributed by atoms with Crippen LogP contribution in [0.15, 0.2) is 162 Å². The third-order valence-electron chi connectivity index (χ3n) is 12.5. The van der Waals surface area contributed by atoms with Gasteiger partial charge in [-0.25, -0.2) is 0 Å². The Bertz CT molecular complexity index is 3430. The quantitative estimate of drug-likeness (QED) is 0.112. The third kappa shape index (κ3) is 9.71. The van der Waals surface area contributed by atoms with Gasteiger partial charge in [-0.15, -0.1) is 48.0 Å². The Hall–Kier alpha value is -6.24. The van der Waals surface area contributed by atoms with Crippen LogP contribution in [0.1, 0.15) is 79.7 Å². The van der Waals surface area contributed by atoms with Crippen molar-refractivity contribution >= 4 is 46.2 Å². The molecule has 0 aliphatic carbocycles. The summed E-state index contributed by atoms with van der Waals surface area (Å²) in [7, 11) is -1.30. The van der Waals surface area contributed by atoms with E-state index in [0.717, 1.165) is 83.3 Å². The monoisotopic (exact) mass is 1090 g/mol. The summed E-state index contributed by atoms with van der Waals surface area (Å²) >= 11 is 0. The van der Waals surface area contributed by atoms with Crippen LogP contribution < -0.4 is 5.19 Å². The number of halogens is 1. The molecule has 0 atom stereocenters. The zero-order chi connectivity index (χ0) is 49.0. The van der Waals surface area contributed by atoms with Gasteiger partial charge in [-0.2, -0.15) is 0 Å². The maximum atomic E-state index is 12.8. The van der Waals surface area contributed by atoms with Gasteiger partial charge < -0.3 is 14.0 Å². The molecule has 0 aliphatic rings. The number of fused-ring (bicyclic) bond motifs is 4. The number of aromatic nitrogens is 3. The zero-order valence-electron chi connectivity index (χ0n) is 42.5. The Labute approximate surface area is 418 Å². The van der Waals surface area contributed by atoms with E-state index in [1.807, 2.05) is 82.4 Å². The van der Waals surface area contributed by atoms with Gasteiger partial charge in [0.05, 0.1) is 30.5 Å². The summed E-state index contributed by atoms with van der Waals surface area (Å²) in [6, 6.07) is 56.7. The first-order valence-electron chi connectivity index (χ1n) is 24.0. The summed E-state index contributed by atoms with van der Waals surface area (Å²) < 4.78 is 40.8. The second-order valence-electron chi connectivity index (χ2n) is 19.9. The molecule has 345 valence electrons. The summed E-state index contributed by atoms with van der Waals surface area (Å²) in [5.74, 6) is -1.63. The van der Waals surface area contributed by atoms with E-state index < -0.39 is 19.9 Å². The summed E-state index contributed by atoms with van der Waals surface area (Å²) in [6.07, 6.45) is 1.93. The van der Waals surface area contributed by atoms with Gasteiger partial charge in [0, 0.05) is 45.9 Å². The van der Waals surface area contributed by atoms with E-state index in [1.54, 1.807) is 6.07 Å². The van der Waals surface area contributed by atoms with Crippen LogP contribution in [0.2, 0.25) is 19.6 Å². The number of para-hydroxylation sites is 2. The van der Waals surface area contributed by atoms with E-state index >= 15 is 0 Å². The predicted octanol–water partition coefficient (Wildman–Crippen LogP) is 16.5. The smallest absolute Gasteiger partial charge is 0.121 e. The molecule has 1 radical (unpaired) electrons. The Kier molecular flexibility index (Phi) is 13.0. The molecule has 7 aromatic carbocycles. The minimum atomic E-state index is -1.30. The normalized spacial score (nSPS) is 12.6. The van der Waals surface area contributed by atoms with Crippen LogP contribution in [0.4, 0.5) is 4.39 Å². The molecule has 0 amide bonds. The molecule has 0 N–H and O–H groups in total. The number of rotatable bonds is 8. The minimum absolute atomic E-state index is 0. The van der Waals surface area contributed by atoms with Crippen LogP contribution in [0, 0.1) is 17.9 Å². The van der Waals surface area contributed by atoms with Gasteiger partial charge in [-0.1, -0.05) is 170 Å². The summed E-state index contributed by atoms with van der Waals surface area (Å²) in [6.45, 7) is 21.2. The van der Waals surface area contributed by atoms with Crippen molar-refractivity contribution in [3.8, 4) is 50.6 Å². The van der Waals surface area contributed by atoms with E-state index in [1.165, 1.54) is 22.9 Å². The molecule has 3 aromatic heterocycles. The molecule has 10 aromatic rings. The number of furan rings is 1. The summed E-state index contributed by atoms with van der Waals surface area (Å²) in [5, 5.41) is 3.33. The molecule has 10 rings (SSSR count). The SMILES string of the molecule is C[Si](C)(C)c1ccc(-c2[c-]cc(F)cc2)nc1.[2H]C(C)(C)c1cc(-c2ccc(C(C)(C)C)cc2)cc(C([2H])(C)C)c1-n1c(-c2[c-]ccc3c2oc2cc(-c4ccccc4)ccc23)nc2ccccc21.[Ir]. The largest absolute Gasteiger partial charge is 0.501 e. The molecular formula is C61H58FIrN3OSi-2. The molecule has 0 saturated heterocycles. The van der Waals surface area contributed by atoms with E-state index in [9.17, 15) is 7.13 Å². The van der Waals surface area contributed by atoms with E-state index in [2.05, 4.69) is 147 Å². The van der Waals surface area contributed by atoms with Crippen LogP contribution in [-0.4, -0.2) is 22.6 Å². The van der Waals surface area contributed by atoms with Crippen molar-refractivity contribution in [1.29, 1.82) is 0 Å². The van der Waals surface area contributed by atoms with E-state index in [-0.39, 0.29) is 31.3 Å². The van der Waals surface area contributed by atoms with E-state index in [0.29, 0.717) is 11.4 Å². The van der Waals surface area contributed by atoms with Crippen LogP contribution >= 0.6 is 0 Å². The topological polar surface area (TPSA) is 43.9 Å². The van der Waals surface area contributed by atoms with Crippen molar-refractivity contribution in [3.63, 3.8) is 0 Å². The average Bonchev–Trinajstić information content (AvgIpc) is 3.89. The Morgan fingerprint density at radius 3 is 1.97 bits per heavy atom. The average molecular weight is 1090 g/mol. The number of imidazole rings is 1. The van der Waals surface area contributed by atoms with Crippen LogP contribution in [0.25, 0.3) is 83.6 Å². The standard InChI is InChI=1S/C47H43N2O.C14H15FNSi.Ir/c1-29(2)39-26-34(32-20-23-35(24-21-32)47(5,6)7)27-40(30(3)4)44(39)49-42-19-12-11-18-41(42)48-46(49)38-17-13-16-37-36-25-22-33(28-43(36)50-45(37)38)31-14-9-8-10-15-31;1-17(2,3)13-8-9-14(16-10-13)11-4-6-12(15)7-5-11;/h8-16,18-30H,1-7H3;4,6-10H,1-3H3;/q2*-1;/i29D,30D;;. The molecule has 68 heavy (non-hydrogen) atoms. The molecule has 3 heterocycles. The van der Waals surface area contributed by atoms with Crippen molar-refractivity contribution in [2.45, 2.75) is 85.3 Å². The van der Waals surface area contributed by atoms with Gasteiger partial charge in [-0.3, -0.25) is 9.37 Å². The zero-order valence-corrected chi connectivity index (χ0v) is 43.9. The van der Waals surface area contributed by atoms with Gasteiger partial charge in [0.2, 0.25) is 0 Å². The maximum absolute atomic E-state index is 12.8. The molecule has 0 fully saturated rings. The fourth-order valence-electron chi connectivity index (χ4n) is 8.67. The van der Waals surface area contributed by atoms with Crippen LogP contribution in [0.3, 0.4) is 0 Å². The van der Waals surface area contributed by atoms with Gasteiger partial charge in [0.25, 0.3) is 0 Å². The molecule has 4 nitrogen and oxygen atoms in total.